The Morgan fingerprint density at radius 2 is 1.96 bits per heavy atom. The van der Waals surface area contributed by atoms with Gasteiger partial charge in [0, 0.05) is 12.1 Å². The highest BCUT2D eigenvalue weighted by Crippen LogP contribution is 2.24. The minimum atomic E-state index is -0.765. The summed E-state index contributed by atoms with van der Waals surface area (Å²) in [6.45, 7) is 2.94. The maximum atomic E-state index is 12.5. The normalized spacial score (nSPS) is 17.7. The molecule has 1 saturated heterocycles. The molecule has 1 aliphatic rings. The number of furan rings is 1. The third-order valence-corrected chi connectivity index (χ3v) is 4.13. The summed E-state index contributed by atoms with van der Waals surface area (Å²) in [7, 11) is 0. The summed E-state index contributed by atoms with van der Waals surface area (Å²) >= 11 is 0. The molecule has 2 heterocycles. The lowest BCUT2D eigenvalue weighted by molar-refractivity contribution is -0.133. The molecule has 1 fully saturated rings. The molecule has 126 valence electrons. The molecule has 6 heteroatoms. The highest BCUT2D eigenvalue weighted by molar-refractivity contribution is 5.92. The number of carbonyl (C=O) groups is 2. The molecule has 0 saturated carbocycles. The highest BCUT2D eigenvalue weighted by Gasteiger charge is 2.29. The molecule has 1 aromatic carbocycles. The Morgan fingerprint density at radius 1 is 1.21 bits per heavy atom. The van der Waals surface area contributed by atoms with E-state index in [1.807, 2.05) is 24.3 Å². The molecule has 0 spiro atoms. The average Bonchev–Trinajstić information content (AvgIpc) is 3.11. The minimum absolute atomic E-state index is 0.148. The third-order valence-electron chi connectivity index (χ3n) is 4.13. The summed E-state index contributed by atoms with van der Waals surface area (Å²) in [5.74, 6) is 0.0556. The molecule has 2 N–H and O–H groups in total. The van der Waals surface area contributed by atoms with Crippen molar-refractivity contribution < 1.29 is 18.7 Å². The van der Waals surface area contributed by atoms with Gasteiger partial charge in [0.25, 0.3) is 5.91 Å². The summed E-state index contributed by atoms with van der Waals surface area (Å²) in [6, 6.07) is 11.5. The fourth-order valence-corrected chi connectivity index (χ4v) is 2.67. The zero-order valence-corrected chi connectivity index (χ0v) is 13.5. The summed E-state index contributed by atoms with van der Waals surface area (Å²) in [5, 5.41) is 0. The van der Waals surface area contributed by atoms with Crippen LogP contribution in [0.25, 0.3) is 11.3 Å². The van der Waals surface area contributed by atoms with E-state index in [0.29, 0.717) is 12.3 Å². The molecule has 24 heavy (non-hydrogen) atoms. The van der Waals surface area contributed by atoms with Gasteiger partial charge in [-0.05, 0) is 24.1 Å². The van der Waals surface area contributed by atoms with Crippen molar-refractivity contribution in [3.8, 4) is 11.3 Å². The van der Waals surface area contributed by atoms with Crippen LogP contribution >= 0.6 is 0 Å². The Balaban J connectivity index is 1.74. The van der Waals surface area contributed by atoms with Crippen molar-refractivity contribution in [2.45, 2.75) is 19.4 Å². The molecular weight excluding hydrogens is 308 g/mol. The second-order valence-corrected chi connectivity index (χ2v) is 5.73. The van der Waals surface area contributed by atoms with Crippen molar-refractivity contribution in [3.63, 3.8) is 0 Å². The summed E-state index contributed by atoms with van der Waals surface area (Å²) in [4.78, 5) is 25.3. The number of primary amides is 1. The van der Waals surface area contributed by atoms with Gasteiger partial charge in [0.2, 0.25) is 5.91 Å². The van der Waals surface area contributed by atoms with Crippen LogP contribution in [-0.4, -0.2) is 42.5 Å². The standard InChI is InChI=1S/C18H20N2O4/c1-2-12-3-5-13(6-4-12)14-7-8-15(24-14)18(22)20-9-10-23-16(11-20)17(19)21/h3-8,16H,2,9-11H2,1H3,(H2,19,21). The molecule has 1 atom stereocenters. The van der Waals surface area contributed by atoms with Crippen LogP contribution in [0.1, 0.15) is 23.0 Å². The zero-order valence-electron chi connectivity index (χ0n) is 13.5. The van der Waals surface area contributed by atoms with E-state index in [4.69, 9.17) is 14.9 Å². The maximum Gasteiger partial charge on any atom is 0.289 e. The van der Waals surface area contributed by atoms with Gasteiger partial charge in [-0.15, -0.1) is 0 Å². The van der Waals surface area contributed by atoms with E-state index in [0.717, 1.165) is 12.0 Å². The van der Waals surface area contributed by atoms with Gasteiger partial charge >= 0.3 is 0 Å². The smallest absolute Gasteiger partial charge is 0.289 e. The van der Waals surface area contributed by atoms with Crippen molar-refractivity contribution in [1.29, 1.82) is 0 Å². The van der Waals surface area contributed by atoms with Crippen LogP contribution in [-0.2, 0) is 16.0 Å². The van der Waals surface area contributed by atoms with Crippen molar-refractivity contribution in [2.75, 3.05) is 19.7 Å². The van der Waals surface area contributed by atoms with Crippen LogP contribution in [0, 0.1) is 0 Å². The Kier molecular flexibility index (Phi) is 4.66. The molecule has 3 rings (SSSR count). The molecule has 0 aliphatic carbocycles. The van der Waals surface area contributed by atoms with Crippen LogP contribution in [0.5, 0.6) is 0 Å². The van der Waals surface area contributed by atoms with Crippen LogP contribution in [0.4, 0.5) is 0 Å². The molecule has 0 bridgehead atoms. The van der Waals surface area contributed by atoms with Crippen molar-refractivity contribution >= 4 is 11.8 Å². The van der Waals surface area contributed by atoms with E-state index < -0.39 is 12.0 Å². The number of amides is 2. The second kappa shape index (κ2) is 6.88. The van der Waals surface area contributed by atoms with Crippen LogP contribution in [0.3, 0.4) is 0 Å². The predicted octanol–water partition coefficient (Wildman–Crippen LogP) is 1.84. The Bertz CT molecular complexity index is 736. The van der Waals surface area contributed by atoms with Crippen LogP contribution in [0.15, 0.2) is 40.8 Å². The number of carbonyl (C=O) groups excluding carboxylic acids is 2. The number of nitrogens with zero attached hydrogens (tertiary/aromatic N) is 1. The number of nitrogens with two attached hydrogens (primary N) is 1. The Hall–Kier alpha value is -2.60. The van der Waals surface area contributed by atoms with E-state index in [2.05, 4.69) is 6.92 Å². The molecule has 2 aromatic rings. The van der Waals surface area contributed by atoms with Crippen LogP contribution in [0.2, 0.25) is 0 Å². The topological polar surface area (TPSA) is 85.8 Å². The van der Waals surface area contributed by atoms with E-state index >= 15 is 0 Å². The first kappa shape index (κ1) is 16.3. The van der Waals surface area contributed by atoms with E-state index in [1.165, 1.54) is 10.5 Å². The third kappa shape index (κ3) is 3.33. The molecule has 6 nitrogen and oxygen atoms in total. The fraction of sp³-hybridized carbons (Fsp3) is 0.333. The second-order valence-electron chi connectivity index (χ2n) is 5.73. The Morgan fingerprint density at radius 3 is 2.62 bits per heavy atom. The molecule has 1 aromatic heterocycles. The van der Waals surface area contributed by atoms with Gasteiger partial charge in [0.1, 0.15) is 5.76 Å². The lowest BCUT2D eigenvalue weighted by Gasteiger charge is -2.30. The average molecular weight is 328 g/mol. The quantitative estimate of drug-likeness (QED) is 0.928. The Labute approximate surface area is 140 Å². The maximum absolute atomic E-state index is 12.5. The SMILES string of the molecule is CCc1ccc(-c2ccc(C(=O)N3CCOC(C(N)=O)C3)o2)cc1. The predicted molar refractivity (Wildman–Crippen MR) is 88.4 cm³/mol. The van der Waals surface area contributed by atoms with Crippen LogP contribution < -0.4 is 5.73 Å². The first-order chi connectivity index (χ1) is 11.6. The van der Waals surface area contributed by atoms with Gasteiger partial charge in [-0.25, -0.2) is 0 Å². The number of hydrogen-bond donors (Lipinski definition) is 1. The lowest BCUT2D eigenvalue weighted by Crippen LogP contribution is -2.50. The molecule has 2 amide bonds. The minimum Gasteiger partial charge on any atom is -0.451 e. The summed E-state index contributed by atoms with van der Waals surface area (Å²) in [6.07, 6.45) is 0.207. The van der Waals surface area contributed by atoms with E-state index in [-0.39, 0.29) is 24.8 Å². The molecule has 1 unspecified atom stereocenters. The van der Waals surface area contributed by atoms with Gasteiger partial charge in [-0.2, -0.15) is 0 Å². The fourth-order valence-electron chi connectivity index (χ4n) is 2.67. The van der Waals surface area contributed by atoms with Crippen molar-refractivity contribution in [3.05, 3.63) is 47.7 Å². The van der Waals surface area contributed by atoms with E-state index in [1.54, 1.807) is 12.1 Å². The largest absolute Gasteiger partial charge is 0.451 e. The number of hydrogen-bond acceptors (Lipinski definition) is 4. The van der Waals surface area contributed by atoms with Gasteiger partial charge in [-0.3, -0.25) is 9.59 Å². The number of ether oxygens (including phenoxy) is 1. The van der Waals surface area contributed by atoms with Gasteiger partial charge in [0.05, 0.1) is 13.2 Å². The van der Waals surface area contributed by atoms with Crippen molar-refractivity contribution in [1.82, 2.24) is 4.90 Å². The van der Waals surface area contributed by atoms with Gasteiger partial charge < -0.3 is 19.8 Å². The number of aryl methyl sites for hydroxylation is 1. The molecule has 1 aliphatic heterocycles. The highest BCUT2D eigenvalue weighted by atomic mass is 16.5. The number of benzene rings is 1. The lowest BCUT2D eigenvalue weighted by atomic mass is 10.1. The van der Waals surface area contributed by atoms with Gasteiger partial charge in [0.15, 0.2) is 11.9 Å². The number of morpholine rings is 1. The van der Waals surface area contributed by atoms with E-state index in [9.17, 15) is 9.59 Å². The summed E-state index contributed by atoms with van der Waals surface area (Å²) in [5.41, 5.74) is 7.41. The first-order valence-electron chi connectivity index (χ1n) is 7.98. The zero-order chi connectivity index (χ0) is 17.1. The number of rotatable bonds is 4. The first-order valence-corrected chi connectivity index (χ1v) is 7.98. The van der Waals surface area contributed by atoms with Gasteiger partial charge in [-0.1, -0.05) is 31.2 Å². The summed E-state index contributed by atoms with van der Waals surface area (Å²) < 4.78 is 11.0. The molecule has 0 radical (unpaired) electrons. The van der Waals surface area contributed by atoms with Crippen molar-refractivity contribution in [2.24, 2.45) is 5.73 Å². The monoisotopic (exact) mass is 328 g/mol. The molecular formula is C18H20N2O4.